The molecule has 0 amide bonds. The Hall–Kier alpha value is -0.260. The third-order valence-corrected chi connectivity index (χ3v) is 2.45. The van der Waals surface area contributed by atoms with E-state index < -0.39 is 0 Å². The van der Waals surface area contributed by atoms with Crippen molar-refractivity contribution in [2.75, 3.05) is 0 Å². The Bertz CT molecular complexity index is 340. The van der Waals surface area contributed by atoms with E-state index in [1.54, 1.807) is 20.0 Å². The third kappa shape index (κ3) is 3.96. The van der Waals surface area contributed by atoms with E-state index in [4.69, 9.17) is 6.57 Å². The molecule has 0 radical (unpaired) electrons. The topological polar surface area (TPSA) is 4.36 Å². The molecule has 0 saturated carbocycles. The zero-order chi connectivity index (χ0) is 12.7. The van der Waals surface area contributed by atoms with Crippen molar-refractivity contribution in [1.29, 1.82) is 0 Å². The van der Waals surface area contributed by atoms with Gasteiger partial charge >= 0.3 is 29.2 Å². The molecule has 0 bridgehead atoms. The second-order valence-electron chi connectivity index (χ2n) is 4.21. The number of hydrogen-bond acceptors (Lipinski definition) is 0. The number of hydrogen-bond donors (Lipinski definition) is 0. The summed E-state index contributed by atoms with van der Waals surface area (Å²) < 4.78 is 0. The van der Waals surface area contributed by atoms with Gasteiger partial charge in [-0.15, -0.1) is 0 Å². The summed E-state index contributed by atoms with van der Waals surface area (Å²) in [7, 11) is 4.58. The van der Waals surface area contributed by atoms with Crippen molar-refractivity contribution in [3.05, 3.63) is 40.7 Å². The fourth-order valence-corrected chi connectivity index (χ4v) is 1.64. The van der Waals surface area contributed by atoms with Gasteiger partial charge < -0.3 is 0 Å². The molecular weight excluding hydrogens is 403 g/mol. The van der Waals surface area contributed by atoms with E-state index in [0.29, 0.717) is 11.8 Å². The summed E-state index contributed by atoms with van der Waals surface area (Å²) in [5.41, 5.74) is 3.20. The van der Waals surface area contributed by atoms with Crippen molar-refractivity contribution in [2.24, 2.45) is 0 Å². The molecule has 92 valence electrons. The summed E-state index contributed by atoms with van der Waals surface area (Å²) in [6.07, 6.45) is 0. The predicted octanol–water partition coefficient (Wildman–Crippen LogP) is 5.17. The number of nitrogens with zero attached hydrogens (tertiary/aromatic N) is 1. The van der Waals surface area contributed by atoms with Crippen molar-refractivity contribution in [3.63, 3.8) is 0 Å². The van der Waals surface area contributed by atoms with Crippen molar-refractivity contribution < 1.29 is 20.0 Å². The monoisotopic (exact) mass is 419 g/mol. The predicted molar refractivity (Wildman–Crippen MR) is 66.7 cm³/mol. The number of halogens is 1. The minimum absolute atomic E-state index is 0.429. The summed E-state index contributed by atoms with van der Waals surface area (Å²) in [4.78, 5) is 3.66. The summed E-state index contributed by atoms with van der Waals surface area (Å²) in [6.45, 7) is 15.8. The minimum atomic E-state index is 0.429. The summed E-state index contributed by atoms with van der Waals surface area (Å²) in [6, 6.07) is 6.17. The van der Waals surface area contributed by atoms with E-state index in [-0.39, 0.29) is 0 Å². The Kier molecular flexibility index (Phi) is 7.80. The van der Waals surface area contributed by atoms with Gasteiger partial charge in [0.2, 0.25) is 0 Å². The number of para-hydroxylation sites is 1. The molecule has 0 unspecified atom stereocenters. The van der Waals surface area contributed by atoms with E-state index in [1.807, 2.05) is 0 Å². The van der Waals surface area contributed by atoms with Gasteiger partial charge in [0.25, 0.3) is 0 Å². The van der Waals surface area contributed by atoms with Gasteiger partial charge in [0, 0.05) is 0 Å². The molecule has 0 heterocycles. The van der Waals surface area contributed by atoms with E-state index in [0.717, 1.165) is 5.69 Å². The molecule has 0 fully saturated rings. The molecule has 3 heteroatoms. The van der Waals surface area contributed by atoms with Crippen LogP contribution in [0.5, 0.6) is 0 Å². The molecule has 0 saturated heterocycles. The van der Waals surface area contributed by atoms with Crippen LogP contribution in [0.3, 0.4) is 0 Å². The van der Waals surface area contributed by atoms with Crippen molar-refractivity contribution in [3.8, 4) is 0 Å². The first-order valence-corrected chi connectivity index (χ1v) is 7.88. The number of rotatable bonds is 2. The molecule has 16 heavy (non-hydrogen) atoms. The van der Waals surface area contributed by atoms with E-state index in [9.17, 15) is 0 Å². The SMILES string of the molecule is [C-]#[N+]c1c(C(C)C)cccc1C(C)C.[Cl][Au]. The van der Waals surface area contributed by atoms with Crippen molar-refractivity contribution in [2.45, 2.75) is 39.5 Å². The Morgan fingerprint density at radius 2 is 1.44 bits per heavy atom. The first kappa shape index (κ1) is 15.7. The van der Waals surface area contributed by atoms with Gasteiger partial charge in [-0.2, -0.15) is 0 Å². The van der Waals surface area contributed by atoms with Crippen molar-refractivity contribution >= 4 is 14.9 Å². The maximum atomic E-state index is 7.24. The summed E-state index contributed by atoms with van der Waals surface area (Å²) in [5, 5.41) is 0. The Morgan fingerprint density at radius 3 is 1.69 bits per heavy atom. The van der Waals surface area contributed by atoms with Crippen LogP contribution >= 0.6 is 9.19 Å². The van der Waals surface area contributed by atoms with Gasteiger partial charge in [0.05, 0.1) is 6.57 Å². The zero-order valence-corrected chi connectivity index (χ0v) is 12.9. The fraction of sp³-hybridized carbons (Fsp3) is 0.462. The van der Waals surface area contributed by atoms with Crippen LogP contribution in [-0.2, 0) is 20.0 Å². The van der Waals surface area contributed by atoms with Gasteiger partial charge in [0.15, 0.2) is 5.69 Å². The molecule has 0 spiro atoms. The normalized spacial score (nSPS) is 9.75. The first-order chi connectivity index (χ1) is 7.57. The standard InChI is InChI=1S/C13H17N.Au.ClH/c1-9(2)11-7-6-8-12(10(3)4)13(11)14-5;;/h6-10H,1-4H3;;1H/q;+1;/p-1. The molecule has 0 aliphatic heterocycles. The maximum absolute atomic E-state index is 7.24. The fourth-order valence-electron chi connectivity index (χ4n) is 1.64. The van der Waals surface area contributed by atoms with Crippen LogP contribution in [0.25, 0.3) is 4.85 Å². The Balaban J connectivity index is 0.00000106. The van der Waals surface area contributed by atoms with Gasteiger partial charge in [-0.1, -0.05) is 45.9 Å². The van der Waals surface area contributed by atoms with E-state index in [2.05, 4.69) is 59.9 Å². The van der Waals surface area contributed by atoms with E-state index >= 15 is 0 Å². The molecule has 1 aromatic carbocycles. The average molecular weight is 420 g/mol. The second-order valence-corrected chi connectivity index (χ2v) is 4.21. The molecule has 0 aliphatic rings. The third-order valence-electron chi connectivity index (χ3n) is 2.45. The van der Waals surface area contributed by atoms with Gasteiger partial charge in [0.1, 0.15) is 0 Å². The molecule has 0 N–H and O–H groups in total. The van der Waals surface area contributed by atoms with Crippen LogP contribution in [0.15, 0.2) is 18.2 Å². The van der Waals surface area contributed by atoms with Crippen molar-refractivity contribution in [1.82, 2.24) is 0 Å². The van der Waals surface area contributed by atoms with Crippen LogP contribution in [0.4, 0.5) is 5.69 Å². The van der Waals surface area contributed by atoms with Crippen LogP contribution in [0.2, 0.25) is 0 Å². The second kappa shape index (κ2) is 7.92. The quantitative estimate of drug-likeness (QED) is 0.460. The zero-order valence-electron chi connectivity index (χ0n) is 10.0. The number of benzene rings is 1. The summed E-state index contributed by atoms with van der Waals surface area (Å²) >= 11 is 1.75. The van der Waals surface area contributed by atoms with E-state index in [1.165, 1.54) is 11.1 Å². The van der Waals surface area contributed by atoms with Crippen LogP contribution < -0.4 is 0 Å². The summed E-state index contributed by atoms with van der Waals surface area (Å²) in [5.74, 6) is 0.857. The molecule has 0 aliphatic carbocycles. The molecule has 1 nitrogen and oxygen atoms in total. The van der Waals surface area contributed by atoms with Gasteiger partial charge in [-0.05, 0) is 23.0 Å². The van der Waals surface area contributed by atoms with Gasteiger partial charge in [-0.3, -0.25) is 0 Å². The first-order valence-electron chi connectivity index (χ1n) is 5.19. The Labute approximate surface area is 115 Å². The molecule has 0 aromatic heterocycles. The average Bonchev–Trinajstić information content (AvgIpc) is 2.30. The van der Waals surface area contributed by atoms with Crippen LogP contribution in [0.1, 0.15) is 50.7 Å². The van der Waals surface area contributed by atoms with Gasteiger partial charge in [-0.25, -0.2) is 4.85 Å². The van der Waals surface area contributed by atoms with Crippen LogP contribution in [0, 0.1) is 6.57 Å². The molecular formula is C13H17AuClN. The van der Waals surface area contributed by atoms with Crippen LogP contribution in [-0.4, -0.2) is 0 Å². The Morgan fingerprint density at radius 1 is 1.06 bits per heavy atom. The molecule has 0 atom stereocenters. The molecule has 1 aromatic rings. The molecule has 1 rings (SSSR count).